The van der Waals surface area contributed by atoms with Gasteiger partial charge in [-0.05, 0) is 143 Å². The number of ether oxygens (including phenoxy) is 2. The van der Waals surface area contributed by atoms with Crippen LogP contribution in [0.25, 0.3) is 0 Å². The van der Waals surface area contributed by atoms with E-state index in [4.69, 9.17) is 9.47 Å². The summed E-state index contributed by atoms with van der Waals surface area (Å²) < 4.78 is 11.2. The highest BCUT2D eigenvalue weighted by Crippen LogP contribution is 2.36. The van der Waals surface area contributed by atoms with Gasteiger partial charge in [-0.15, -0.1) is 0 Å². The predicted octanol–water partition coefficient (Wildman–Crippen LogP) is 8.59. The molecule has 6 amide bonds. The van der Waals surface area contributed by atoms with Crippen LogP contribution in [0.15, 0.2) is 66.7 Å². The topological polar surface area (TPSA) is 188 Å². The van der Waals surface area contributed by atoms with E-state index in [1.807, 2.05) is 84.0 Å². The van der Waals surface area contributed by atoms with Crippen LogP contribution in [0.2, 0.25) is 0 Å². The first-order valence-electron chi connectivity index (χ1n) is 25.9. The van der Waals surface area contributed by atoms with Crippen LogP contribution < -0.4 is 26.6 Å². The van der Waals surface area contributed by atoms with Crippen molar-refractivity contribution in [3.63, 3.8) is 0 Å². The van der Waals surface area contributed by atoms with Crippen LogP contribution in [0.3, 0.4) is 0 Å². The lowest BCUT2D eigenvalue weighted by molar-refractivity contribution is -0.145. The molecule has 0 radical (unpaired) electrons. The number of anilines is 1. The number of benzene rings is 3. The fraction of sp³-hybridized carbons (Fsp3) is 0.579. The van der Waals surface area contributed by atoms with Crippen molar-refractivity contribution >= 4 is 41.5 Å². The Labute approximate surface area is 426 Å². The van der Waals surface area contributed by atoms with Crippen molar-refractivity contribution < 1.29 is 38.2 Å². The van der Waals surface area contributed by atoms with E-state index in [1.165, 1.54) is 11.1 Å². The summed E-state index contributed by atoms with van der Waals surface area (Å²) in [5.41, 5.74) is 3.89. The van der Waals surface area contributed by atoms with Gasteiger partial charge in [0.2, 0.25) is 23.6 Å². The normalized spacial score (nSPS) is 21.9. The van der Waals surface area contributed by atoms with Crippen LogP contribution in [0.1, 0.15) is 161 Å². The van der Waals surface area contributed by atoms with E-state index in [0.29, 0.717) is 5.69 Å². The summed E-state index contributed by atoms with van der Waals surface area (Å²) in [6, 6.07) is 17.6. The summed E-state index contributed by atoms with van der Waals surface area (Å²) in [5.74, 6) is -1.34. The molecule has 15 heteroatoms. The lowest BCUT2D eigenvalue weighted by Crippen LogP contribution is -2.61. The Bertz CT molecular complexity index is 2520. The molecule has 0 saturated carbocycles. The van der Waals surface area contributed by atoms with Gasteiger partial charge in [0.15, 0.2) is 0 Å². The molecule has 4 aliphatic rings. The molecular formula is C57H79N7O8. The zero-order valence-corrected chi connectivity index (χ0v) is 44.6. The molecule has 7 unspecified atom stereocenters. The van der Waals surface area contributed by atoms with Crippen LogP contribution >= 0.6 is 0 Å². The first kappa shape index (κ1) is 53.7. The molecule has 2 aliphatic carbocycles. The number of nitrogens with zero attached hydrogens (tertiary/aromatic N) is 2. The van der Waals surface area contributed by atoms with Gasteiger partial charge in [0, 0.05) is 31.2 Å². The maximum absolute atomic E-state index is 15.0. The van der Waals surface area contributed by atoms with E-state index in [2.05, 4.69) is 50.8 Å². The van der Waals surface area contributed by atoms with Crippen molar-refractivity contribution in [2.45, 2.75) is 194 Å². The van der Waals surface area contributed by atoms with Gasteiger partial charge in [0.1, 0.15) is 35.4 Å². The quantitative estimate of drug-likeness (QED) is 0.133. The molecule has 72 heavy (non-hydrogen) atoms. The van der Waals surface area contributed by atoms with Crippen LogP contribution in [0, 0.1) is 10.8 Å². The molecule has 5 N–H and O–H groups in total. The summed E-state index contributed by atoms with van der Waals surface area (Å²) in [6.45, 7) is 22.0. The number of fused-ring (bicyclic) bond motifs is 3. The average Bonchev–Trinajstić information content (AvgIpc) is 3.71. The predicted molar refractivity (Wildman–Crippen MR) is 278 cm³/mol. The number of aryl methyl sites for hydroxylation is 2. The zero-order chi connectivity index (χ0) is 52.5. The van der Waals surface area contributed by atoms with Gasteiger partial charge in [-0.3, -0.25) is 19.2 Å². The minimum atomic E-state index is -1.03. The van der Waals surface area contributed by atoms with Crippen molar-refractivity contribution in [3.8, 4) is 0 Å². The Morgan fingerprint density at radius 1 is 0.569 bits per heavy atom. The zero-order valence-electron chi connectivity index (χ0n) is 44.6. The number of nitrogens with one attached hydrogen (secondary N) is 5. The van der Waals surface area contributed by atoms with Gasteiger partial charge < -0.3 is 45.9 Å². The first-order chi connectivity index (χ1) is 33.6. The standard InChI is InChI=1S/C57H79N7O8/c1-54(2,3)46(61-52(69)71-56(7,8)9)50(67)63-32-37-29-38(28-27-36(37)30-44(63)48(65)59-42-25-17-21-34-19-13-15-23-40(34)42)58-39-31-45(49(66)60-43-26-18-22-35-20-14-16-24-41(35)43)64(33-39)51(68)47(55(4,5)6)62-53(70)72-57(10,11)12/h13-16,19-20,23-24,27-29,39,42-47,58H,17-18,21-22,25-26,30-33H2,1-12H3,(H,59,65)(H,60,66)(H,61,69)(H,62,70). The number of hydrogen-bond donors (Lipinski definition) is 5. The lowest BCUT2D eigenvalue weighted by Gasteiger charge is -2.41. The summed E-state index contributed by atoms with van der Waals surface area (Å²) in [5, 5.41) is 15.9. The highest BCUT2D eigenvalue weighted by atomic mass is 16.6. The maximum Gasteiger partial charge on any atom is 0.408 e. The molecule has 2 aliphatic heterocycles. The van der Waals surface area contributed by atoms with Crippen LogP contribution in [0.4, 0.5) is 15.3 Å². The van der Waals surface area contributed by atoms with E-state index in [1.54, 1.807) is 51.3 Å². The number of amides is 6. The molecule has 0 spiro atoms. The summed E-state index contributed by atoms with van der Waals surface area (Å²) >= 11 is 0. The molecule has 15 nitrogen and oxygen atoms in total. The molecule has 3 aromatic rings. The molecule has 1 saturated heterocycles. The van der Waals surface area contributed by atoms with Gasteiger partial charge in [-0.1, -0.05) is 96.1 Å². The molecule has 7 rings (SSSR count). The van der Waals surface area contributed by atoms with Gasteiger partial charge in [0.05, 0.1) is 12.1 Å². The van der Waals surface area contributed by atoms with Crippen LogP contribution in [0.5, 0.6) is 0 Å². The minimum absolute atomic E-state index is 0.0817. The number of hydrogen-bond acceptors (Lipinski definition) is 9. The fourth-order valence-electron chi connectivity index (χ4n) is 10.6. The second-order valence-corrected chi connectivity index (χ2v) is 24.4. The van der Waals surface area contributed by atoms with E-state index in [9.17, 15) is 24.0 Å². The number of rotatable bonds is 10. The monoisotopic (exact) mass is 990 g/mol. The fourth-order valence-corrected chi connectivity index (χ4v) is 10.6. The molecule has 0 aromatic heterocycles. The molecule has 3 aromatic carbocycles. The lowest BCUT2D eigenvalue weighted by atomic mass is 9.84. The van der Waals surface area contributed by atoms with Crippen molar-refractivity contribution in [1.82, 2.24) is 31.1 Å². The highest BCUT2D eigenvalue weighted by Gasteiger charge is 2.47. The summed E-state index contributed by atoms with van der Waals surface area (Å²) in [6.07, 6.45) is 4.33. The third-order valence-electron chi connectivity index (χ3n) is 14.1. The maximum atomic E-state index is 15.0. The number of alkyl carbamates (subject to hydrolysis) is 2. The molecule has 7 atom stereocenters. The summed E-state index contributed by atoms with van der Waals surface area (Å²) in [7, 11) is 0. The third kappa shape index (κ3) is 13.1. The largest absolute Gasteiger partial charge is 0.444 e. The Balaban J connectivity index is 1.17. The second-order valence-electron chi connectivity index (χ2n) is 24.4. The molecule has 2 heterocycles. The SMILES string of the molecule is CC(C)(C)OC(=O)NC(C(=O)N1Cc2cc(NC3CC(C(=O)NC4CCCc5ccccc54)N(C(=O)C(NC(=O)OC(C)(C)C)C(C)(C)C)C3)ccc2CC1C(=O)NC1CCCc2ccccc21)C(C)(C)C. The number of likely N-dealkylation sites (tertiary alicyclic amines) is 1. The summed E-state index contributed by atoms with van der Waals surface area (Å²) in [4.78, 5) is 88.9. The van der Waals surface area contributed by atoms with Gasteiger partial charge >= 0.3 is 12.2 Å². The highest BCUT2D eigenvalue weighted by molar-refractivity contribution is 5.94. The third-order valence-corrected chi connectivity index (χ3v) is 14.1. The van der Waals surface area contributed by atoms with Crippen molar-refractivity contribution in [2.75, 3.05) is 11.9 Å². The average molecular weight is 990 g/mol. The molecule has 0 bridgehead atoms. The van der Waals surface area contributed by atoms with E-state index < -0.39 is 70.2 Å². The van der Waals surface area contributed by atoms with Gasteiger partial charge in [-0.25, -0.2) is 9.59 Å². The minimum Gasteiger partial charge on any atom is -0.444 e. The van der Waals surface area contributed by atoms with Crippen molar-refractivity contribution in [1.29, 1.82) is 0 Å². The smallest absolute Gasteiger partial charge is 0.408 e. The number of carbonyl (C=O) groups is 6. The van der Waals surface area contributed by atoms with Gasteiger partial charge in [-0.2, -0.15) is 0 Å². The van der Waals surface area contributed by atoms with Gasteiger partial charge in [0.25, 0.3) is 0 Å². The Morgan fingerprint density at radius 3 is 1.53 bits per heavy atom. The molecule has 390 valence electrons. The Kier molecular flexibility index (Phi) is 15.8. The molecular weight excluding hydrogens is 911 g/mol. The second kappa shape index (κ2) is 21.2. The Morgan fingerprint density at radius 2 is 1.04 bits per heavy atom. The van der Waals surface area contributed by atoms with Crippen molar-refractivity contribution in [2.24, 2.45) is 10.8 Å². The molecule has 1 fully saturated rings. The van der Waals surface area contributed by atoms with E-state index >= 15 is 4.79 Å². The van der Waals surface area contributed by atoms with Crippen molar-refractivity contribution in [3.05, 3.63) is 100 Å². The number of carbonyl (C=O) groups excluding carboxylic acids is 6. The Hall–Kier alpha value is -6.12. The van der Waals surface area contributed by atoms with Crippen LogP contribution in [-0.4, -0.2) is 93.6 Å². The van der Waals surface area contributed by atoms with E-state index in [0.717, 1.165) is 60.8 Å². The van der Waals surface area contributed by atoms with E-state index in [-0.39, 0.29) is 55.9 Å². The first-order valence-corrected chi connectivity index (χ1v) is 25.9. The van der Waals surface area contributed by atoms with Crippen LogP contribution in [-0.2, 0) is 54.5 Å².